The summed E-state index contributed by atoms with van der Waals surface area (Å²) in [7, 11) is -1.40. The van der Waals surface area contributed by atoms with Crippen LogP contribution in [-0.2, 0) is 6.54 Å². The van der Waals surface area contributed by atoms with Crippen LogP contribution in [0, 0.1) is 6.92 Å². The molecule has 0 spiro atoms. The van der Waals surface area contributed by atoms with Crippen LogP contribution in [0.2, 0.25) is 0 Å². The van der Waals surface area contributed by atoms with E-state index in [2.05, 4.69) is 31.2 Å². The van der Waals surface area contributed by atoms with Crippen LogP contribution in [0.25, 0.3) is 0 Å². The number of rotatable bonds is 3. The standard InChI is InChI=1S/C13H15BNO2/c1-11-2-4-12(5-3-11)10-15-8-6-13(7-9-15)14(16)17/h2-9,16-17H,10H2,1H3/q+1. The first-order valence-electron chi connectivity index (χ1n) is 5.56. The fourth-order valence-corrected chi connectivity index (χ4v) is 1.65. The molecule has 0 atom stereocenters. The lowest BCUT2D eigenvalue weighted by Gasteiger charge is -2.00. The summed E-state index contributed by atoms with van der Waals surface area (Å²) in [6, 6.07) is 11.8. The van der Waals surface area contributed by atoms with Crippen LogP contribution in [0.15, 0.2) is 48.8 Å². The summed E-state index contributed by atoms with van der Waals surface area (Å²) in [6.07, 6.45) is 3.68. The molecule has 2 rings (SSSR count). The molecule has 1 aromatic carbocycles. The summed E-state index contributed by atoms with van der Waals surface area (Å²) in [5.74, 6) is 0. The lowest BCUT2D eigenvalue weighted by molar-refractivity contribution is -0.688. The summed E-state index contributed by atoms with van der Waals surface area (Å²) in [5, 5.41) is 18.0. The molecule has 0 aliphatic rings. The second-order valence-corrected chi connectivity index (χ2v) is 4.16. The zero-order valence-electron chi connectivity index (χ0n) is 9.74. The molecule has 0 saturated carbocycles. The van der Waals surface area contributed by atoms with Gasteiger partial charge in [0.25, 0.3) is 0 Å². The molecule has 86 valence electrons. The minimum Gasteiger partial charge on any atom is -0.423 e. The second-order valence-electron chi connectivity index (χ2n) is 4.16. The number of benzene rings is 1. The highest BCUT2D eigenvalue weighted by molar-refractivity contribution is 6.58. The van der Waals surface area contributed by atoms with Crippen molar-refractivity contribution in [1.29, 1.82) is 0 Å². The number of hydrogen-bond donors (Lipinski definition) is 2. The van der Waals surface area contributed by atoms with Crippen molar-refractivity contribution in [2.75, 3.05) is 0 Å². The molecule has 0 unspecified atom stereocenters. The minimum absolute atomic E-state index is 0.505. The third kappa shape index (κ3) is 3.15. The number of pyridine rings is 1. The Morgan fingerprint density at radius 1 is 1.00 bits per heavy atom. The molecule has 0 aliphatic heterocycles. The highest BCUT2D eigenvalue weighted by Crippen LogP contribution is 2.02. The lowest BCUT2D eigenvalue weighted by atomic mass is 9.81. The molecule has 4 heteroatoms. The summed E-state index contributed by atoms with van der Waals surface area (Å²) in [6.45, 7) is 2.84. The molecule has 3 nitrogen and oxygen atoms in total. The molecule has 0 amide bonds. The molecular weight excluding hydrogens is 213 g/mol. The Balaban J connectivity index is 2.11. The SMILES string of the molecule is Cc1ccc(C[n+]2ccc(B(O)O)cc2)cc1. The molecule has 1 aromatic heterocycles. The molecule has 0 fully saturated rings. The molecule has 2 N–H and O–H groups in total. The number of aromatic nitrogens is 1. The van der Waals surface area contributed by atoms with Gasteiger partial charge < -0.3 is 10.0 Å². The Hall–Kier alpha value is -1.65. The van der Waals surface area contributed by atoms with Gasteiger partial charge in [0.2, 0.25) is 0 Å². The molecule has 0 saturated heterocycles. The van der Waals surface area contributed by atoms with E-state index in [1.54, 1.807) is 12.1 Å². The van der Waals surface area contributed by atoms with Crippen LogP contribution >= 0.6 is 0 Å². The fraction of sp³-hybridized carbons (Fsp3) is 0.154. The Morgan fingerprint density at radius 3 is 2.12 bits per heavy atom. The Kier molecular flexibility index (Phi) is 3.56. The Bertz CT molecular complexity index is 480. The van der Waals surface area contributed by atoms with Gasteiger partial charge >= 0.3 is 7.12 Å². The molecular formula is C13H15BNO2+. The zero-order chi connectivity index (χ0) is 12.3. The van der Waals surface area contributed by atoms with E-state index in [0.717, 1.165) is 6.54 Å². The largest absolute Gasteiger partial charge is 0.488 e. The lowest BCUT2D eigenvalue weighted by Crippen LogP contribution is -2.38. The van der Waals surface area contributed by atoms with Crippen molar-refractivity contribution in [3.8, 4) is 0 Å². The zero-order valence-corrected chi connectivity index (χ0v) is 9.74. The highest BCUT2D eigenvalue weighted by Gasteiger charge is 2.12. The van der Waals surface area contributed by atoms with E-state index in [9.17, 15) is 0 Å². The van der Waals surface area contributed by atoms with Crippen LogP contribution in [0.1, 0.15) is 11.1 Å². The van der Waals surface area contributed by atoms with Crippen LogP contribution < -0.4 is 10.0 Å². The van der Waals surface area contributed by atoms with Gasteiger partial charge in [0.05, 0.1) is 0 Å². The highest BCUT2D eigenvalue weighted by atomic mass is 16.4. The molecule has 0 radical (unpaired) electrons. The van der Waals surface area contributed by atoms with Crippen LogP contribution in [0.4, 0.5) is 0 Å². The third-order valence-electron chi connectivity index (χ3n) is 2.70. The van der Waals surface area contributed by atoms with Crippen LogP contribution in [0.5, 0.6) is 0 Å². The molecule has 2 aromatic rings. The molecule has 0 aliphatic carbocycles. The van der Waals surface area contributed by atoms with Gasteiger partial charge in [0, 0.05) is 17.7 Å². The predicted octanol–water partition coefficient (Wildman–Crippen LogP) is 0.0106. The second kappa shape index (κ2) is 5.12. The van der Waals surface area contributed by atoms with E-state index in [1.165, 1.54) is 11.1 Å². The summed E-state index contributed by atoms with van der Waals surface area (Å²) >= 11 is 0. The maximum absolute atomic E-state index is 8.98. The molecule has 1 heterocycles. The van der Waals surface area contributed by atoms with Crippen molar-refractivity contribution in [2.24, 2.45) is 0 Å². The van der Waals surface area contributed by atoms with Gasteiger partial charge in [-0.25, -0.2) is 4.57 Å². The molecule has 17 heavy (non-hydrogen) atoms. The van der Waals surface area contributed by atoms with Crippen molar-refractivity contribution < 1.29 is 14.6 Å². The van der Waals surface area contributed by atoms with Gasteiger partial charge in [0.1, 0.15) is 0 Å². The van der Waals surface area contributed by atoms with E-state index >= 15 is 0 Å². The maximum Gasteiger partial charge on any atom is 0.488 e. The van der Waals surface area contributed by atoms with Crippen molar-refractivity contribution in [1.82, 2.24) is 0 Å². The topological polar surface area (TPSA) is 44.3 Å². The summed E-state index contributed by atoms with van der Waals surface area (Å²) < 4.78 is 2.00. The van der Waals surface area contributed by atoms with Crippen molar-refractivity contribution >= 4 is 12.6 Å². The normalized spacial score (nSPS) is 10.3. The summed E-state index contributed by atoms with van der Waals surface area (Å²) in [5.41, 5.74) is 2.97. The van der Waals surface area contributed by atoms with E-state index in [1.807, 2.05) is 17.0 Å². The Morgan fingerprint density at radius 2 is 1.59 bits per heavy atom. The average Bonchev–Trinajstić information content (AvgIpc) is 2.33. The monoisotopic (exact) mass is 228 g/mol. The van der Waals surface area contributed by atoms with Gasteiger partial charge in [-0.1, -0.05) is 29.8 Å². The van der Waals surface area contributed by atoms with Crippen LogP contribution in [-0.4, -0.2) is 17.2 Å². The number of hydrogen-bond acceptors (Lipinski definition) is 2. The van der Waals surface area contributed by atoms with Crippen LogP contribution in [0.3, 0.4) is 0 Å². The maximum atomic E-state index is 8.98. The number of aryl methyl sites for hydroxylation is 1. The minimum atomic E-state index is -1.40. The van der Waals surface area contributed by atoms with Gasteiger partial charge in [-0.15, -0.1) is 0 Å². The van der Waals surface area contributed by atoms with E-state index in [4.69, 9.17) is 10.0 Å². The average molecular weight is 228 g/mol. The summed E-state index contributed by atoms with van der Waals surface area (Å²) in [4.78, 5) is 0. The van der Waals surface area contributed by atoms with Crippen molar-refractivity contribution in [3.63, 3.8) is 0 Å². The first-order chi connectivity index (χ1) is 8.15. The van der Waals surface area contributed by atoms with Crippen molar-refractivity contribution in [3.05, 3.63) is 59.9 Å². The predicted molar refractivity (Wildman–Crippen MR) is 66.7 cm³/mol. The smallest absolute Gasteiger partial charge is 0.423 e. The quantitative estimate of drug-likeness (QED) is 0.574. The first-order valence-corrected chi connectivity index (χ1v) is 5.56. The number of nitrogens with zero attached hydrogens (tertiary/aromatic N) is 1. The van der Waals surface area contributed by atoms with Crippen molar-refractivity contribution in [2.45, 2.75) is 13.5 Å². The van der Waals surface area contributed by atoms with Gasteiger partial charge in [0.15, 0.2) is 18.9 Å². The van der Waals surface area contributed by atoms with Gasteiger partial charge in [-0.3, -0.25) is 0 Å². The van der Waals surface area contributed by atoms with Gasteiger partial charge in [-0.2, -0.15) is 0 Å². The van der Waals surface area contributed by atoms with Gasteiger partial charge in [-0.05, 0) is 12.4 Å². The van der Waals surface area contributed by atoms with E-state index < -0.39 is 7.12 Å². The Labute approximate surface area is 101 Å². The molecule has 0 bridgehead atoms. The fourth-order valence-electron chi connectivity index (χ4n) is 1.65. The first kappa shape index (κ1) is 11.8. The third-order valence-corrected chi connectivity index (χ3v) is 2.70. The van der Waals surface area contributed by atoms with E-state index in [0.29, 0.717) is 5.46 Å². The van der Waals surface area contributed by atoms with E-state index in [-0.39, 0.29) is 0 Å².